The molecule has 2 amide bonds. The van der Waals surface area contributed by atoms with E-state index < -0.39 is 0 Å². The molecule has 1 fully saturated rings. The van der Waals surface area contributed by atoms with E-state index in [0.717, 1.165) is 24.2 Å². The Hall–Kier alpha value is -1.84. The molecule has 0 saturated carbocycles. The second kappa shape index (κ2) is 5.21. The number of carbonyl (C=O) groups excluding carboxylic acids is 2. The topological polar surface area (TPSA) is 40.6 Å². The van der Waals surface area contributed by atoms with Crippen molar-refractivity contribution in [1.29, 1.82) is 0 Å². The Bertz CT molecular complexity index is 451. The number of nitrogens with zero attached hydrogens (tertiary/aromatic N) is 2. The molecule has 1 aliphatic rings. The van der Waals surface area contributed by atoms with Gasteiger partial charge in [0.25, 0.3) is 0 Å². The smallest absolute Gasteiger partial charge is 0.227 e. The molecule has 1 heterocycles. The maximum Gasteiger partial charge on any atom is 0.227 e. The average molecular weight is 246 g/mol. The maximum absolute atomic E-state index is 11.6. The predicted molar refractivity (Wildman–Crippen MR) is 70.4 cm³/mol. The number of rotatable bonds is 3. The molecule has 2 rings (SSSR count). The average Bonchev–Trinajstić information content (AvgIpc) is 2.76. The highest BCUT2D eigenvalue weighted by atomic mass is 16.2. The van der Waals surface area contributed by atoms with Crippen LogP contribution in [-0.4, -0.2) is 37.4 Å². The normalized spacial score (nSPS) is 15.0. The van der Waals surface area contributed by atoms with Crippen molar-refractivity contribution in [3.05, 3.63) is 29.8 Å². The Labute approximate surface area is 107 Å². The molecule has 0 aliphatic carbocycles. The molecule has 0 bridgehead atoms. The summed E-state index contributed by atoms with van der Waals surface area (Å²) in [6.45, 7) is 0.800. The monoisotopic (exact) mass is 246 g/mol. The lowest BCUT2D eigenvalue weighted by Gasteiger charge is -2.16. The van der Waals surface area contributed by atoms with Gasteiger partial charge in [0.15, 0.2) is 0 Å². The molecular formula is C14H18N2O2. The molecule has 0 aromatic heterocycles. The first kappa shape index (κ1) is 12.6. The Balaban J connectivity index is 2.06. The highest BCUT2D eigenvalue weighted by Crippen LogP contribution is 2.21. The van der Waals surface area contributed by atoms with Gasteiger partial charge in [-0.15, -0.1) is 0 Å². The molecule has 0 unspecified atom stereocenters. The van der Waals surface area contributed by atoms with Crippen molar-refractivity contribution in [2.75, 3.05) is 25.5 Å². The van der Waals surface area contributed by atoms with Crippen molar-refractivity contribution < 1.29 is 9.59 Å². The van der Waals surface area contributed by atoms with E-state index in [4.69, 9.17) is 0 Å². The van der Waals surface area contributed by atoms with Gasteiger partial charge in [-0.05, 0) is 24.1 Å². The highest BCUT2D eigenvalue weighted by Gasteiger charge is 2.21. The fraction of sp³-hybridized carbons (Fsp3) is 0.429. The largest absolute Gasteiger partial charge is 0.349 e. The van der Waals surface area contributed by atoms with Gasteiger partial charge in [-0.25, -0.2) is 0 Å². The van der Waals surface area contributed by atoms with E-state index >= 15 is 0 Å². The van der Waals surface area contributed by atoms with E-state index in [1.54, 1.807) is 23.9 Å². The maximum atomic E-state index is 11.6. The van der Waals surface area contributed by atoms with Gasteiger partial charge < -0.3 is 9.80 Å². The van der Waals surface area contributed by atoms with Gasteiger partial charge in [-0.2, -0.15) is 0 Å². The molecule has 4 heteroatoms. The number of hydrogen-bond acceptors (Lipinski definition) is 2. The van der Waals surface area contributed by atoms with Crippen molar-refractivity contribution in [2.24, 2.45) is 0 Å². The number of hydrogen-bond donors (Lipinski definition) is 0. The molecule has 0 spiro atoms. The van der Waals surface area contributed by atoms with Crippen LogP contribution in [0.4, 0.5) is 5.69 Å². The van der Waals surface area contributed by atoms with Crippen LogP contribution in [0.25, 0.3) is 0 Å². The van der Waals surface area contributed by atoms with E-state index in [1.807, 2.05) is 24.3 Å². The third-order valence-electron chi connectivity index (χ3n) is 3.18. The molecule has 4 nitrogen and oxygen atoms in total. The lowest BCUT2D eigenvalue weighted by molar-refractivity contribution is -0.128. The Morgan fingerprint density at radius 3 is 2.44 bits per heavy atom. The SMILES string of the molecule is CN(C)C(=O)Cc1ccc(N2CCCC2=O)cc1. The lowest BCUT2D eigenvalue weighted by Crippen LogP contribution is -2.24. The Morgan fingerprint density at radius 1 is 1.28 bits per heavy atom. The zero-order valence-electron chi connectivity index (χ0n) is 10.8. The first-order valence-electron chi connectivity index (χ1n) is 6.17. The Morgan fingerprint density at radius 2 is 1.94 bits per heavy atom. The molecule has 96 valence electrons. The number of anilines is 1. The van der Waals surface area contributed by atoms with Gasteiger partial charge in [-0.3, -0.25) is 9.59 Å². The Kier molecular flexibility index (Phi) is 3.65. The van der Waals surface area contributed by atoms with Crippen LogP contribution in [0.2, 0.25) is 0 Å². The summed E-state index contributed by atoms with van der Waals surface area (Å²) in [5.74, 6) is 0.270. The van der Waals surface area contributed by atoms with Gasteiger partial charge in [0.2, 0.25) is 11.8 Å². The minimum atomic E-state index is 0.0833. The van der Waals surface area contributed by atoms with E-state index in [-0.39, 0.29) is 11.8 Å². The molecule has 0 atom stereocenters. The summed E-state index contributed by atoms with van der Waals surface area (Å²) >= 11 is 0. The van der Waals surface area contributed by atoms with Crippen LogP contribution >= 0.6 is 0 Å². The second-order valence-electron chi connectivity index (χ2n) is 4.78. The number of benzene rings is 1. The van der Waals surface area contributed by atoms with E-state index in [2.05, 4.69) is 0 Å². The molecule has 1 aromatic rings. The van der Waals surface area contributed by atoms with Crippen molar-refractivity contribution in [3.63, 3.8) is 0 Å². The van der Waals surface area contributed by atoms with Crippen molar-refractivity contribution >= 4 is 17.5 Å². The highest BCUT2D eigenvalue weighted by molar-refractivity contribution is 5.95. The van der Waals surface area contributed by atoms with Gasteiger partial charge in [0.1, 0.15) is 0 Å². The molecule has 1 saturated heterocycles. The quantitative estimate of drug-likeness (QED) is 0.809. The number of likely N-dealkylation sites (N-methyl/N-ethyl adjacent to an activating group) is 1. The third-order valence-corrected chi connectivity index (χ3v) is 3.18. The number of carbonyl (C=O) groups is 2. The zero-order chi connectivity index (χ0) is 13.1. The second-order valence-corrected chi connectivity index (χ2v) is 4.78. The van der Waals surface area contributed by atoms with Crippen LogP contribution < -0.4 is 4.90 Å². The molecule has 1 aliphatic heterocycles. The lowest BCUT2D eigenvalue weighted by atomic mass is 10.1. The van der Waals surface area contributed by atoms with Gasteiger partial charge in [-0.1, -0.05) is 12.1 Å². The fourth-order valence-corrected chi connectivity index (χ4v) is 2.05. The van der Waals surface area contributed by atoms with E-state index in [9.17, 15) is 9.59 Å². The first-order chi connectivity index (χ1) is 8.58. The summed E-state index contributed by atoms with van der Waals surface area (Å²) in [6.07, 6.45) is 1.97. The van der Waals surface area contributed by atoms with Crippen molar-refractivity contribution in [3.8, 4) is 0 Å². The van der Waals surface area contributed by atoms with Crippen molar-refractivity contribution in [2.45, 2.75) is 19.3 Å². The standard InChI is InChI=1S/C14H18N2O2/c1-15(2)14(18)10-11-5-7-12(8-6-11)16-9-3-4-13(16)17/h5-8H,3-4,9-10H2,1-2H3. The molecule has 0 N–H and O–H groups in total. The van der Waals surface area contributed by atoms with Crippen LogP contribution in [0.15, 0.2) is 24.3 Å². The van der Waals surface area contributed by atoms with E-state index in [1.165, 1.54) is 0 Å². The molecule has 0 radical (unpaired) electrons. The predicted octanol–water partition coefficient (Wildman–Crippen LogP) is 1.44. The van der Waals surface area contributed by atoms with Gasteiger partial charge >= 0.3 is 0 Å². The summed E-state index contributed by atoms with van der Waals surface area (Å²) in [5.41, 5.74) is 1.91. The van der Waals surface area contributed by atoms with Crippen LogP contribution in [-0.2, 0) is 16.0 Å². The minimum Gasteiger partial charge on any atom is -0.349 e. The van der Waals surface area contributed by atoms with Crippen LogP contribution in [0.5, 0.6) is 0 Å². The summed E-state index contributed by atoms with van der Waals surface area (Å²) in [6, 6.07) is 7.67. The molecule has 1 aromatic carbocycles. The van der Waals surface area contributed by atoms with Gasteiger partial charge in [0.05, 0.1) is 6.42 Å². The fourth-order valence-electron chi connectivity index (χ4n) is 2.05. The summed E-state index contributed by atoms with van der Waals surface area (Å²) in [4.78, 5) is 26.5. The van der Waals surface area contributed by atoms with Crippen LogP contribution in [0, 0.1) is 0 Å². The zero-order valence-corrected chi connectivity index (χ0v) is 10.8. The molecular weight excluding hydrogens is 228 g/mol. The molecule has 18 heavy (non-hydrogen) atoms. The number of amides is 2. The van der Waals surface area contributed by atoms with Crippen LogP contribution in [0.3, 0.4) is 0 Å². The minimum absolute atomic E-state index is 0.0833. The summed E-state index contributed by atoms with van der Waals surface area (Å²) < 4.78 is 0. The van der Waals surface area contributed by atoms with Gasteiger partial charge in [0, 0.05) is 32.7 Å². The summed E-state index contributed by atoms with van der Waals surface area (Å²) in [5, 5.41) is 0. The van der Waals surface area contributed by atoms with Crippen LogP contribution in [0.1, 0.15) is 18.4 Å². The van der Waals surface area contributed by atoms with Crippen molar-refractivity contribution in [1.82, 2.24) is 4.90 Å². The summed E-state index contributed by atoms with van der Waals surface area (Å²) in [7, 11) is 3.50. The third kappa shape index (κ3) is 2.70. The first-order valence-corrected chi connectivity index (χ1v) is 6.17. The van der Waals surface area contributed by atoms with E-state index in [0.29, 0.717) is 12.8 Å².